The van der Waals surface area contributed by atoms with Gasteiger partial charge in [0.15, 0.2) is 0 Å². The van der Waals surface area contributed by atoms with Crippen molar-refractivity contribution in [3.8, 4) is 5.75 Å². The van der Waals surface area contributed by atoms with Crippen molar-refractivity contribution in [3.63, 3.8) is 0 Å². The van der Waals surface area contributed by atoms with Gasteiger partial charge in [0, 0.05) is 17.0 Å². The number of carbonyl (C=O) groups is 1. The molecule has 1 N–H and O–H groups in total. The largest absolute Gasteiger partial charge is 0.496 e. The molecule has 0 aromatic heterocycles. The number of methoxy groups -OCH3 is 1. The molecule has 0 unspecified atom stereocenters. The van der Waals surface area contributed by atoms with E-state index in [1.54, 1.807) is 18.9 Å². The fraction of sp³-hybridized carbons (Fsp3) is 0.381. The van der Waals surface area contributed by atoms with Gasteiger partial charge < -0.3 is 10.1 Å². The van der Waals surface area contributed by atoms with Crippen molar-refractivity contribution in [1.82, 2.24) is 0 Å². The van der Waals surface area contributed by atoms with Crippen LogP contribution in [0.4, 0.5) is 5.69 Å². The number of hydrogen-bond donors (Lipinski definition) is 1. The van der Waals surface area contributed by atoms with Gasteiger partial charge in [0.05, 0.1) is 12.9 Å². The Balaban J connectivity index is 1.93. The second kappa shape index (κ2) is 9.52. The minimum absolute atomic E-state index is 0.0346. The van der Waals surface area contributed by atoms with E-state index < -0.39 is 0 Å². The number of para-hydroxylation sites is 1. The summed E-state index contributed by atoms with van der Waals surface area (Å²) in [6.07, 6.45) is 1.05. The van der Waals surface area contributed by atoms with E-state index in [-0.39, 0.29) is 5.91 Å². The smallest absolute Gasteiger partial charge is 0.234 e. The van der Waals surface area contributed by atoms with Crippen LogP contribution in [-0.4, -0.2) is 18.8 Å². The summed E-state index contributed by atoms with van der Waals surface area (Å²) in [7, 11) is 1.68. The van der Waals surface area contributed by atoms with Crippen LogP contribution in [0.2, 0.25) is 0 Å². The van der Waals surface area contributed by atoms with Crippen molar-refractivity contribution in [2.24, 2.45) is 0 Å². The van der Waals surface area contributed by atoms with Crippen molar-refractivity contribution in [1.29, 1.82) is 0 Å². The summed E-state index contributed by atoms with van der Waals surface area (Å²) in [6, 6.07) is 14.2. The van der Waals surface area contributed by atoms with Crippen LogP contribution in [0.3, 0.4) is 0 Å². The first kappa shape index (κ1) is 19.4. The van der Waals surface area contributed by atoms with E-state index in [2.05, 4.69) is 38.2 Å². The minimum atomic E-state index is 0.0346. The highest BCUT2D eigenvalue weighted by atomic mass is 32.2. The zero-order chi connectivity index (χ0) is 18.2. The number of amides is 1. The standard InChI is InChI=1S/C21H27NO2S/c1-5-16(3)18-8-6-7-9-19(18)22-21(23)14-25-13-17-12-15(2)10-11-20(17)24-4/h6-12,16H,5,13-14H2,1-4H3,(H,22,23)/t16-/m1/s1. The van der Waals surface area contributed by atoms with Gasteiger partial charge in [-0.05, 0) is 37.0 Å². The summed E-state index contributed by atoms with van der Waals surface area (Å²) in [6.45, 7) is 6.41. The third-order valence-electron chi connectivity index (χ3n) is 4.30. The normalized spacial score (nSPS) is 11.8. The topological polar surface area (TPSA) is 38.3 Å². The van der Waals surface area contributed by atoms with Crippen LogP contribution in [0.15, 0.2) is 42.5 Å². The average Bonchev–Trinajstić information content (AvgIpc) is 2.61. The zero-order valence-electron chi connectivity index (χ0n) is 15.5. The lowest BCUT2D eigenvalue weighted by molar-refractivity contribution is -0.113. The third-order valence-corrected chi connectivity index (χ3v) is 5.29. The minimum Gasteiger partial charge on any atom is -0.496 e. The van der Waals surface area contributed by atoms with E-state index in [1.165, 1.54) is 11.1 Å². The quantitative estimate of drug-likeness (QED) is 0.688. The van der Waals surface area contributed by atoms with Crippen LogP contribution >= 0.6 is 11.8 Å². The molecule has 0 saturated heterocycles. The third kappa shape index (κ3) is 5.53. The second-order valence-electron chi connectivity index (χ2n) is 6.25. The highest BCUT2D eigenvalue weighted by Crippen LogP contribution is 2.27. The van der Waals surface area contributed by atoms with Gasteiger partial charge >= 0.3 is 0 Å². The van der Waals surface area contributed by atoms with Gasteiger partial charge in [-0.25, -0.2) is 0 Å². The van der Waals surface area contributed by atoms with E-state index in [1.807, 2.05) is 30.3 Å². The first-order valence-electron chi connectivity index (χ1n) is 8.65. The first-order chi connectivity index (χ1) is 12.0. The summed E-state index contributed by atoms with van der Waals surface area (Å²) < 4.78 is 5.39. The molecule has 0 spiro atoms. The fourth-order valence-corrected chi connectivity index (χ4v) is 3.53. The molecule has 134 valence electrons. The van der Waals surface area contributed by atoms with E-state index in [0.717, 1.165) is 29.2 Å². The number of rotatable bonds is 8. The number of thioether (sulfide) groups is 1. The molecular weight excluding hydrogens is 330 g/mol. The summed E-state index contributed by atoms with van der Waals surface area (Å²) in [4.78, 5) is 12.3. The maximum atomic E-state index is 12.3. The van der Waals surface area contributed by atoms with Gasteiger partial charge in [-0.1, -0.05) is 49.7 Å². The Morgan fingerprint density at radius 2 is 2.00 bits per heavy atom. The van der Waals surface area contributed by atoms with Crippen molar-refractivity contribution < 1.29 is 9.53 Å². The lowest BCUT2D eigenvalue weighted by atomic mass is 9.97. The molecule has 0 aliphatic rings. The highest BCUT2D eigenvalue weighted by Gasteiger charge is 2.11. The monoisotopic (exact) mass is 357 g/mol. The SMILES string of the molecule is CC[C@@H](C)c1ccccc1NC(=O)CSCc1cc(C)ccc1OC. The number of hydrogen-bond acceptors (Lipinski definition) is 3. The summed E-state index contributed by atoms with van der Waals surface area (Å²) in [5.41, 5.74) is 4.45. The van der Waals surface area contributed by atoms with Crippen molar-refractivity contribution in [2.45, 2.75) is 38.9 Å². The zero-order valence-corrected chi connectivity index (χ0v) is 16.3. The Morgan fingerprint density at radius 1 is 1.24 bits per heavy atom. The molecular formula is C21H27NO2S. The molecule has 2 aromatic carbocycles. The number of nitrogens with one attached hydrogen (secondary N) is 1. The lowest BCUT2D eigenvalue weighted by Gasteiger charge is -2.15. The molecule has 0 aliphatic carbocycles. The van der Waals surface area contributed by atoms with Crippen molar-refractivity contribution >= 4 is 23.4 Å². The maximum absolute atomic E-state index is 12.3. The molecule has 3 nitrogen and oxygen atoms in total. The molecule has 0 heterocycles. The Labute approximate surface area is 155 Å². The summed E-state index contributed by atoms with van der Waals surface area (Å²) in [5, 5.41) is 3.06. The first-order valence-corrected chi connectivity index (χ1v) is 9.80. The second-order valence-corrected chi connectivity index (χ2v) is 7.24. The Morgan fingerprint density at radius 3 is 2.72 bits per heavy atom. The molecule has 2 rings (SSSR count). The Bertz CT molecular complexity index is 715. The molecule has 0 saturated carbocycles. The number of benzene rings is 2. The number of carbonyl (C=O) groups excluding carboxylic acids is 1. The average molecular weight is 358 g/mol. The van der Waals surface area contributed by atoms with Crippen LogP contribution in [-0.2, 0) is 10.5 Å². The van der Waals surface area contributed by atoms with Crippen LogP contribution in [0.25, 0.3) is 0 Å². The number of aryl methyl sites for hydroxylation is 1. The molecule has 0 fully saturated rings. The molecule has 1 atom stereocenters. The molecule has 4 heteroatoms. The Hall–Kier alpha value is -1.94. The molecule has 0 bridgehead atoms. The highest BCUT2D eigenvalue weighted by molar-refractivity contribution is 7.99. The van der Waals surface area contributed by atoms with Crippen LogP contribution < -0.4 is 10.1 Å². The summed E-state index contributed by atoms with van der Waals surface area (Å²) in [5.74, 6) is 2.52. The van der Waals surface area contributed by atoms with E-state index in [9.17, 15) is 4.79 Å². The molecule has 25 heavy (non-hydrogen) atoms. The van der Waals surface area contributed by atoms with Gasteiger partial charge in [0.2, 0.25) is 5.91 Å². The van der Waals surface area contributed by atoms with Gasteiger partial charge in [-0.3, -0.25) is 4.79 Å². The molecule has 0 radical (unpaired) electrons. The van der Waals surface area contributed by atoms with Gasteiger partial charge in [-0.15, -0.1) is 11.8 Å². The predicted octanol–water partition coefficient (Wildman–Crippen LogP) is 5.39. The van der Waals surface area contributed by atoms with Crippen molar-refractivity contribution in [3.05, 3.63) is 59.2 Å². The molecule has 1 amide bonds. The Kier molecular flexibility index (Phi) is 7.38. The predicted molar refractivity (Wildman–Crippen MR) is 108 cm³/mol. The van der Waals surface area contributed by atoms with Gasteiger partial charge in [0.25, 0.3) is 0 Å². The molecule has 0 aliphatic heterocycles. The molecule has 2 aromatic rings. The van der Waals surface area contributed by atoms with E-state index in [0.29, 0.717) is 11.7 Å². The van der Waals surface area contributed by atoms with Gasteiger partial charge in [-0.2, -0.15) is 0 Å². The maximum Gasteiger partial charge on any atom is 0.234 e. The van der Waals surface area contributed by atoms with Crippen LogP contribution in [0.1, 0.15) is 42.9 Å². The lowest BCUT2D eigenvalue weighted by Crippen LogP contribution is -2.16. The van der Waals surface area contributed by atoms with Gasteiger partial charge in [0.1, 0.15) is 5.75 Å². The number of ether oxygens (including phenoxy) is 1. The van der Waals surface area contributed by atoms with Crippen LogP contribution in [0, 0.1) is 6.92 Å². The van der Waals surface area contributed by atoms with E-state index in [4.69, 9.17) is 4.74 Å². The van der Waals surface area contributed by atoms with Crippen molar-refractivity contribution in [2.75, 3.05) is 18.2 Å². The fourth-order valence-electron chi connectivity index (χ4n) is 2.72. The van der Waals surface area contributed by atoms with E-state index >= 15 is 0 Å². The summed E-state index contributed by atoms with van der Waals surface area (Å²) >= 11 is 1.60. The van der Waals surface area contributed by atoms with Crippen LogP contribution in [0.5, 0.6) is 5.75 Å². The number of anilines is 1.